The van der Waals surface area contributed by atoms with Crippen LogP contribution in [0.5, 0.6) is 0 Å². The minimum atomic E-state index is -0.109. The molecular weight excluding hydrogens is 295 g/mol. The van der Waals surface area contributed by atoms with Crippen molar-refractivity contribution in [3.05, 3.63) is 50.8 Å². The fourth-order valence-corrected chi connectivity index (χ4v) is 2.82. The number of aryl methyl sites for hydroxylation is 3. The van der Waals surface area contributed by atoms with Crippen molar-refractivity contribution in [2.75, 3.05) is 0 Å². The first-order chi connectivity index (χ1) is 9.45. The van der Waals surface area contributed by atoms with E-state index in [0.717, 1.165) is 27.4 Å². The van der Waals surface area contributed by atoms with Crippen molar-refractivity contribution in [2.24, 2.45) is 12.9 Å². The van der Waals surface area contributed by atoms with Gasteiger partial charge >= 0.3 is 0 Å². The highest BCUT2D eigenvalue weighted by Gasteiger charge is 2.20. The third-order valence-electron chi connectivity index (χ3n) is 3.48. The first-order valence-corrected chi connectivity index (χ1v) is 7.10. The van der Waals surface area contributed by atoms with E-state index in [1.54, 1.807) is 4.68 Å². The normalized spacial score (nSPS) is 12.7. The minimum Gasteiger partial charge on any atom is -0.271 e. The number of aromatic nitrogens is 2. The highest BCUT2D eigenvalue weighted by molar-refractivity contribution is 6.32. The maximum Gasteiger partial charge on any atom is 0.130 e. The lowest BCUT2D eigenvalue weighted by atomic mass is 9.98. The molecule has 2 aromatic rings. The quantitative estimate of drug-likeness (QED) is 0.674. The van der Waals surface area contributed by atoms with Gasteiger partial charge in [0.1, 0.15) is 5.15 Å². The molecule has 0 aliphatic heterocycles. The zero-order valence-corrected chi connectivity index (χ0v) is 13.3. The molecule has 1 aromatic carbocycles. The zero-order valence-electron chi connectivity index (χ0n) is 11.7. The van der Waals surface area contributed by atoms with Gasteiger partial charge in [-0.05, 0) is 31.4 Å². The molecule has 0 aliphatic carbocycles. The number of benzene rings is 1. The van der Waals surface area contributed by atoms with Gasteiger partial charge in [0.15, 0.2) is 0 Å². The van der Waals surface area contributed by atoms with Gasteiger partial charge in [0.2, 0.25) is 0 Å². The molecule has 6 heteroatoms. The lowest BCUT2D eigenvalue weighted by Crippen LogP contribution is -2.30. The summed E-state index contributed by atoms with van der Waals surface area (Å²) in [7, 11) is 1.82. The van der Waals surface area contributed by atoms with E-state index in [0.29, 0.717) is 11.6 Å². The summed E-state index contributed by atoms with van der Waals surface area (Å²) in [6, 6.07) is 5.81. The Morgan fingerprint density at radius 3 is 2.60 bits per heavy atom. The van der Waals surface area contributed by atoms with E-state index in [1.807, 2.05) is 39.1 Å². The van der Waals surface area contributed by atoms with Crippen LogP contribution < -0.4 is 11.3 Å². The van der Waals surface area contributed by atoms with Gasteiger partial charge in [-0.25, -0.2) is 0 Å². The molecule has 20 heavy (non-hydrogen) atoms. The molecule has 0 radical (unpaired) electrons. The summed E-state index contributed by atoms with van der Waals surface area (Å²) >= 11 is 12.6. The van der Waals surface area contributed by atoms with Crippen LogP contribution >= 0.6 is 23.2 Å². The lowest BCUT2D eigenvalue weighted by molar-refractivity contribution is 0.550. The monoisotopic (exact) mass is 312 g/mol. The van der Waals surface area contributed by atoms with Gasteiger partial charge in [0.05, 0.1) is 11.7 Å². The van der Waals surface area contributed by atoms with Gasteiger partial charge in [-0.1, -0.05) is 41.4 Å². The van der Waals surface area contributed by atoms with E-state index in [9.17, 15) is 0 Å². The maximum absolute atomic E-state index is 6.37. The number of nitrogens with one attached hydrogen (secondary N) is 1. The van der Waals surface area contributed by atoms with Crippen molar-refractivity contribution in [1.29, 1.82) is 0 Å². The highest BCUT2D eigenvalue weighted by Crippen LogP contribution is 2.30. The van der Waals surface area contributed by atoms with Gasteiger partial charge in [-0.15, -0.1) is 0 Å². The summed E-state index contributed by atoms with van der Waals surface area (Å²) in [6.45, 7) is 3.91. The molecule has 0 saturated carbocycles. The summed E-state index contributed by atoms with van der Waals surface area (Å²) in [5.41, 5.74) is 6.70. The van der Waals surface area contributed by atoms with Crippen LogP contribution in [0.1, 0.15) is 28.4 Å². The fourth-order valence-electron chi connectivity index (χ4n) is 2.31. The predicted octanol–water partition coefficient (Wildman–Crippen LogP) is 3.09. The molecule has 1 heterocycles. The van der Waals surface area contributed by atoms with Gasteiger partial charge in [-0.3, -0.25) is 16.0 Å². The topological polar surface area (TPSA) is 55.9 Å². The summed E-state index contributed by atoms with van der Waals surface area (Å²) in [4.78, 5) is 0. The van der Waals surface area contributed by atoms with Crippen LogP contribution in [-0.4, -0.2) is 9.78 Å². The second-order valence-corrected chi connectivity index (χ2v) is 5.62. The summed E-state index contributed by atoms with van der Waals surface area (Å²) in [6.07, 6.45) is 0.637. The fraction of sp³-hybridized carbons (Fsp3) is 0.357. The number of rotatable bonds is 4. The Morgan fingerprint density at radius 1 is 1.35 bits per heavy atom. The predicted molar refractivity (Wildman–Crippen MR) is 82.9 cm³/mol. The first kappa shape index (κ1) is 15.3. The second kappa shape index (κ2) is 6.14. The van der Waals surface area contributed by atoms with Crippen molar-refractivity contribution in [3.8, 4) is 0 Å². The molecule has 4 nitrogen and oxygen atoms in total. The largest absolute Gasteiger partial charge is 0.271 e. The van der Waals surface area contributed by atoms with E-state index in [-0.39, 0.29) is 6.04 Å². The molecule has 0 aliphatic rings. The van der Waals surface area contributed by atoms with Gasteiger partial charge in [0, 0.05) is 17.6 Å². The minimum absolute atomic E-state index is 0.109. The molecule has 0 spiro atoms. The van der Waals surface area contributed by atoms with E-state index in [1.165, 1.54) is 0 Å². The third-order valence-corrected chi connectivity index (χ3v) is 4.47. The number of nitrogens with two attached hydrogens (primary N) is 1. The first-order valence-electron chi connectivity index (χ1n) is 6.34. The second-order valence-electron chi connectivity index (χ2n) is 4.88. The Labute approximate surface area is 128 Å². The average molecular weight is 313 g/mol. The summed E-state index contributed by atoms with van der Waals surface area (Å²) < 4.78 is 1.66. The van der Waals surface area contributed by atoms with Crippen LogP contribution in [0.4, 0.5) is 0 Å². The SMILES string of the molecule is Cc1cccc(C(Cc2c(C)nn(C)c2Cl)NN)c1Cl. The lowest BCUT2D eigenvalue weighted by Gasteiger charge is -2.18. The Balaban J connectivity index is 2.36. The molecule has 1 aromatic heterocycles. The number of halogens is 2. The number of hydrogen-bond acceptors (Lipinski definition) is 3. The van der Waals surface area contributed by atoms with Crippen molar-refractivity contribution in [1.82, 2.24) is 15.2 Å². The smallest absolute Gasteiger partial charge is 0.130 e. The molecule has 1 unspecified atom stereocenters. The number of hydrazine groups is 1. The molecule has 3 N–H and O–H groups in total. The average Bonchev–Trinajstić information content (AvgIpc) is 2.65. The molecule has 0 bridgehead atoms. The number of hydrogen-bond donors (Lipinski definition) is 2. The molecular formula is C14H18Cl2N4. The third kappa shape index (κ3) is 2.83. The van der Waals surface area contributed by atoms with E-state index >= 15 is 0 Å². The molecule has 0 amide bonds. The standard InChI is InChI=1S/C14H18Cl2N4/c1-8-5-4-6-10(13(8)15)12(18-17)7-11-9(2)19-20(3)14(11)16/h4-6,12,18H,7,17H2,1-3H3. The van der Waals surface area contributed by atoms with Crippen LogP contribution in [0.25, 0.3) is 0 Å². The van der Waals surface area contributed by atoms with Crippen LogP contribution in [-0.2, 0) is 13.5 Å². The van der Waals surface area contributed by atoms with Crippen LogP contribution in [0.3, 0.4) is 0 Å². The summed E-state index contributed by atoms with van der Waals surface area (Å²) in [5, 5.41) is 5.68. The van der Waals surface area contributed by atoms with E-state index in [4.69, 9.17) is 29.0 Å². The maximum atomic E-state index is 6.37. The number of nitrogens with zero attached hydrogens (tertiary/aromatic N) is 2. The Hall–Kier alpha value is -1.07. The van der Waals surface area contributed by atoms with Crippen molar-refractivity contribution in [3.63, 3.8) is 0 Å². The molecule has 0 saturated heterocycles. The molecule has 108 valence electrons. The van der Waals surface area contributed by atoms with Crippen molar-refractivity contribution < 1.29 is 0 Å². The van der Waals surface area contributed by atoms with Crippen LogP contribution in [0.15, 0.2) is 18.2 Å². The van der Waals surface area contributed by atoms with Gasteiger partial charge in [0.25, 0.3) is 0 Å². The van der Waals surface area contributed by atoms with Crippen molar-refractivity contribution in [2.45, 2.75) is 26.3 Å². The van der Waals surface area contributed by atoms with E-state index < -0.39 is 0 Å². The van der Waals surface area contributed by atoms with Crippen molar-refractivity contribution >= 4 is 23.2 Å². The highest BCUT2D eigenvalue weighted by atomic mass is 35.5. The van der Waals surface area contributed by atoms with E-state index in [2.05, 4.69) is 10.5 Å². The Morgan fingerprint density at radius 2 is 2.05 bits per heavy atom. The molecule has 0 fully saturated rings. The Kier molecular flexibility index (Phi) is 4.70. The van der Waals surface area contributed by atoms with Gasteiger partial charge in [-0.2, -0.15) is 5.10 Å². The summed E-state index contributed by atoms with van der Waals surface area (Å²) in [5.74, 6) is 5.70. The Bertz CT molecular complexity index is 622. The van der Waals surface area contributed by atoms with Crippen LogP contribution in [0, 0.1) is 13.8 Å². The van der Waals surface area contributed by atoms with Crippen LogP contribution in [0.2, 0.25) is 10.2 Å². The molecule has 2 rings (SSSR count). The zero-order chi connectivity index (χ0) is 14.9. The van der Waals surface area contributed by atoms with Gasteiger partial charge < -0.3 is 0 Å². The molecule has 1 atom stereocenters.